The lowest BCUT2D eigenvalue weighted by Gasteiger charge is -2.32. The van der Waals surface area contributed by atoms with Gasteiger partial charge in [-0.15, -0.1) is 0 Å². The van der Waals surface area contributed by atoms with Gasteiger partial charge >= 0.3 is 5.97 Å². The van der Waals surface area contributed by atoms with E-state index in [4.69, 9.17) is 0 Å². The molecule has 13 aliphatic rings. The van der Waals surface area contributed by atoms with E-state index in [2.05, 4.69) is 42.5 Å². The van der Waals surface area contributed by atoms with Crippen molar-refractivity contribution in [2.45, 2.75) is 256 Å². The molecule has 716 valence electrons. The van der Waals surface area contributed by atoms with E-state index >= 15 is 0 Å². The normalized spacial score (nSPS) is 30.3. The van der Waals surface area contributed by atoms with Crippen molar-refractivity contribution in [3.63, 3.8) is 0 Å². The van der Waals surface area contributed by atoms with Gasteiger partial charge in [0, 0.05) is 117 Å². The molecule has 48 heteroatoms. The zero-order valence-corrected chi connectivity index (χ0v) is 73.4. The molecule has 20 atom stereocenters. The molecule has 13 fully saturated rings. The molecule has 0 aromatic carbocycles. The molecule has 13 aliphatic heterocycles. The Balaban J connectivity index is 0.537. The number of carbonyl (C=O) groups excluding carboxylic acids is 19. The monoisotopic (exact) mass is 1850 g/mol. The van der Waals surface area contributed by atoms with E-state index in [0.29, 0.717) is 57.2 Å². The van der Waals surface area contributed by atoms with Crippen molar-refractivity contribution in [3.8, 4) is 0 Å². The van der Waals surface area contributed by atoms with Gasteiger partial charge in [0.05, 0.1) is 81.9 Å². The van der Waals surface area contributed by atoms with Crippen LogP contribution < -0.4 is 42.5 Å². The van der Waals surface area contributed by atoms with Gasteiger partial charge < -0.3 is 137 Å². The first kappa shape index (κ1) is 97.0. The summed E-state index contributed by atoms with van der Waals surface area (Å²) in [6, 6.07) is -15.9. The van der Waals surface area contributed by atoms with Crippen LogP contribution in [-0.4, -0.2) is 470 Å². The highest BCUT2D eigenvalue weighted by Crippen LogP contribution is 2.34. The molecule has 15 N–H and O–H groups in total. The largest absolute Gasteiger partial charge is 0.480 e. The molecule has 0 aliphatic carbocycles. The van der Waals surface area contributed by atoms with Crippen molar-refractivity contribution in [1.29, 1.82) is 0 Å². The summed E-state index contributed by atoms with van der Waals surface area (Å²) in [4.78, 5) is 291. The summed E-state index contributed by atoms with van der Waals surface area (Å²) < 4.78 is 0. The molecule has 47 nitrogen and oxygen atoms in total. The lowest BCUT2D eigenvalue weighted by atomic mass is 10.1. The van der Waals surface area contributed by atoms with Gasteiger partial charge in [0.15, 0.2) is 0 Å². The van der Waals surface area contributed by atoms with E-state index < -0.39 is 273 Å². The fourth-order valence-corrected chi connectivity index (χ4v) is 21.4. The third-order valence-corrected chi connectivity index (χ3v) is 28.1. The molecular formula is C82H120N20O27S. The molecule has 19 amide bonds. The van der Waals surface area contributed by atoms with Gasteiger partial charge in [-0.1, -0.05) is 0 Å². The predicted molar refractivity (Wildman–Crippen MR) is 447 cm³/mol. The van der Waals surface area contributed by atoms with E-state index in [1.54, 1.807) is 6.26 Å². The molecule has 0 saturated carbocycles. The summed E-state index contributed by atoms with van der Waals surface area (Å²) in [6.07, 6.45) is -1.49. The zero-order valence-electron chi connectivity index (χ0n) is 72.6. The van der Waals surface area contributed by atoms with Crippen molar-refractivity contribution in [1.82, 2.24) is 101 Å². The average molecular weight is 1850 g/mol. The van der Waals surface area contributed by atoms with Gasteiger partial charge in [-0.2, -0.15) is 11.8 Å². The quantitative estimate of drug-likeness (QED) is 0.0318. The third kappa shape index (κ3) is 21.8. The Bertz CT molecular complexity index is 4380. The number of nitrogens with one attached hydrogen (secondary N) is 8. The molecular weight excluding hydrogens is 1730 g/mol. The SMILES string of the molecule is CSCC[C@H](NC(=O)[C@@H]1CCCN1C(=O)CNC(=O)[C@@H]1C[C@@H](O)CN1C(=O)[C@@H]1CCCN1C(=O)CNC(=O)[C@@H]1C[C@@H](O)CN1C(=O)[C@@H]1CCCN1C(=O)CNC(=O)[C@@H]1C[C@@H](O)CN1C(=O)[C@@H]1CCCN1C(=O)CNC(=O)[C@@H]1C[C@@H](O)CN1C(=O)[C@@H]1CCCN1C(=O)CNC(=O)[C@@H]1C[C@@H](O)CN1C(=O)[C@@H]1CCCN1)C(=O)NCC(=O)N1CCC[C@H]1C(=O)N1C[C@H](O)C[C@H]1C(=O)O. The van der Waals surface area contributed by atoms with Gasteiger partial charge in [-0.3, -0.25) is 91.1 Å². The Morgan fingerprint density at radius 1 is 0.300 bits per heavy atom. The van der Waals surface area contributed by atoms with E-state index in [1.165, 1.54) is 46.1 Å². The summed E-state index contributed by atoms with van der Waals surface area (Å²) in [5, 5.41) is 94.7. The summed E-state index contributed by atoms with van der Waals surface area (Å²) in [6.45, 7) is -4.08. The predicted octanol–water partition coefficient (Wildman–Crippen LogP) is -11.5. The molecule has 0 spiro atoms. The summed E-state index contributed by atoms with van der Waals surface area (Å²) in [5.74, 6) is -14.0. The Labute approximate surface area is 752 Å². The number of aliphatic hydroxyl groups excluding tert-OH is 6. The highest BCUT2D eigenvalue weighted by molar-refractivity contribution is 7.98. The first-order valence-corrected chi connectivity index (χ1v) is 46.6. The molecule has 0 aromatic rings. The highest BCUT2D eigenvalue weighted by atomic mass is 32.2. The van der Waals surface area contributed by atoms with Gasteiger partial charge in [0.1, 0.15) is 78.5 Å². The minimum absolute atomic E-state index is 0.0250. The lowest BCUT2D eigenvalue weighted by Crippen LogP contribution is -2.57. The van der Waals surface area contributed by atoms with Gasteiger partial charge in [0.2, 0.25) is 112 Å². The second-order valence-corrected chi connectivity index (χ2v) is 37.0. The smallest absolute Gasteiger partial charge is 0.326 e. The number of carboxylic acids is 1. The lowest BCUT2D eigenvalue weighted by molar-refractivity contribution is -0.151. The zero-order chi connectivity index (χ0) is 93.4. The van der Waals surface area contributed by atoms with Crippen LogP contribution in [0.1, 0.15) is 135 Å². The standard InChI is InChI=1S/C82H120N20O27S/c1-130-24-16-49(69(115)84-31-64(110)96-23-8-15-56(96)81(127)102-42-48(108)30-62(102)82(128)129)90-75(121)51-10-3-18-91(51)63(109)32-85-71(117)58-26-44(104)38-98(58)77(123)53-12-5-20-93(53)66(112)34-87-73(119)60-28-46(106)40-100(60)79(125)55-14-7-22-95(55)68(114)36-89-74(120)61-29-47(107)41-101(61)80(126)54-13-6-21-94(54)67(113)35-88-72(118)59-27-45(105)39-99(59)78(124)52-11-4-19-92(52)65(111)33-86-70(116)57-25-43(103)37-97(57)76(122)50-9-2-17-83-50/h43-62,83,103-108H,2-42H2,1H3,(H,84,115)(H,85,117)(H,86,116)(H,87,119)(H,88,118)(H,89,120)(H,90,121)(H,128,129)/t43-,44-,45-,46-,47-,48-,49+,50+,51+,52+,53+,54+,55+,56+,57+,58+,59+,60+,61+,62+/m1/s1. The molecule has 130 heavy (non-hydrogen) atoms. The number of likely N-dealkylation sites (tertiary alicyclic amines) is 12. The van der Waals surface area contributed by atoms with Crippen LogP contribution in [0.25, 0.3) is 0 Å². The number of nitrogens with zero attached hydrogens (tertiary/aromatic N) is 12. The fraction of sp³-hybridized carbons (Fsp3) is 0.756. The maximum atomic E-state index is 14.5. The fourth-order valence-electron chi connectivity index (χ4n) is 20.9. The van der Waals surface area contributed by atoms with Crippen molar-refractivity contribution < 1.29 is 132 Å². The number of amides is 19. The first-order valence-electron chi connectivity index (χ1n) is 45.2. The molecule has 13 rings (SSSR count). The Hall–Kier alpha value is -10.5. The minimum atomic E-state index is -1.34. The molecule has 13 saturated heterocycles. The van der Waals surface area contributed by atoms with Crippen LogP contribution in [0, 0.1) is 0 Å². The third-order valence-electron chi connectivity index (χ3n) is 27.4. The van der Waals surface area contributed by atoms with E-state index in [1.807, 2.05) is 0 Å². The van der Waals surface area contributed by atoms with Crippen LogP contribution in [-0.2, 0) is 95.9 Å². The van der Waals surface area contributed by atoms with E-state index in [9.17, 15) is 132 Å². The van der Waals surface area contributed by atoms with Crippen molar-refractivity contribution in [2.24, 2.45) is 0 Å². The second kappa shape index (κ2) is 42.8. The number of hydrogen-bond acceptors (Lipinski definition) is 28. The van der Waals surface area contributed by atoms with Crippen LogP contribution >= 0.6 is 11.8 Å². The van der Waals surface area contributed by atoms with Crippen LogP contribution in [0.15, 0.2) is 0 Å². The summed E-state index contributed by atoms with van der Waals surface area (Å²) in [7, 11) is 0. The summed E-state index contributed by atoms with van der Waals surface area (Å²) in [5.41, 5.74) is 0. The van der Waals surface area contributed by atoms with Gasteiger partial charge in [-0.25, -0.2) is 4.79 Å². The second-order valence-electron chi connectivity index (χ2n) is 36.0. The van der Waals surface area contributed by atoms with Crippen LogP contribution in [0.5, 0.6) is 0 Å². The topological polar surface area (TPSA) is 618 Å². The molecule has 0 bridgehead atoms. The average Bonchev–Trinajstić information content (AvgIpc) is 1.66. The summed E-state index contributed by atoms with van der Waals surface area (Å²) >= 11 is 1.38. The molecule has 0 radical (unpaired) electrons. The Morgan fingerprint density at radius 3 is 0.808 bits per heavy atom. The van der Waals surface area contributed by atoms with Crippen molar-refractivity contribution in [2.75, 3.05) is 136 Å². The number of aliphatic hydroxyl groups is 6. The maximum Gasteiger partial charge on any atom is 0.326 e. The molecule has 0 unspecified atom stereocenters. The number of carbonyl (C=O) groups is 20. The van der Waals surface area contributed by atoms with Crippen molar-refractivity contribution in [3.05, 3.63) is 0 Å². The van der Waals surface area contributed by atoms with Crippen molar-refractivity contribution >= 4 is 130 Å². The number of hydrogen-bond donors (Lipinski definition) is 15. The maximum absolute atomic E-state index is 14.5. The molecule has 0 aromatic heterocycles. The molecule has 13 heterocycles. The van der Waals surface area contributed by atoms with Crippen LogP contribution in [0.4, 0.5) is 0 Å². The number of rotatable bonds is 30. The van der Waals surface area contributed by atoms with E-state index in [0.717, 1.165) is 30.9 Å². The highest BCUT2D eigenvalue weighted by Gasteiger charge is 2.53. The Morgan fingerprint density at radius 2 is 0.546 bits per heavy atom. The number of β-amino-alcohol motifs (C(OH)–C–C–N with tert-alkyl or cyclic N) is 6. The minimum Gasteiger partial charge on any atom is -0.480 e. The van der Waals surface area contributed by atoms with Crippen LogP contribution in [0.3, 0.4) is 0 Å². The number of carboxylic acid groups (broad SMARTS) is 1. The number of thioether (sulfide) groups is 1. The first-order chi connectivity index (χ1) is 62.1. The van der Waals surface area contributed by atoms with Crippen LogP contribution in [0.2, 0.25) is 0 Å². The Kier molecular flexibility index (Phi) is 31.9. The van der Waals surface area contributed by atoms with Gasteiger partial charge in [0.25, 0.3) is 0 Å². The van der Waals surface area contributed by atoms with Gasteiger partial charge in [-0.05, 0) is 115 Å². The number of aliphatic carboxylic acids is 1. The van der Waals surface area contributed by atoms with E-state index in [-0.39, 0.29) is 168 Å².